The van der Waals surface area contributed by atoms with Gasteiger partial charge in [-0.15, -0.1) is 0 Å². The van der Waals surface area contributed by atoms with E-state index in [9.17, 15) is 18.8 Å². The van der Waals surface area contributed by atoms with Gasteiger partial charge in [-0.1, -0.05) is 12.1 Å². The van der Waals surface area contributed by atoms with Gasteiger partial charge < -0.3 is 10.2 Å². The van der Waals surface area contributed by atoms with E-state index in [-0.39, 0.29) is 24.1 Å². The van der Waals surface area contributed by atoms with Crippen molar-refractivity contribution in [3.63, 3.8) is 0 Å². The molecule has 2 saturated heterocycles. The fourth-order valence-corrected chi connectivity index (χ4v) is 3.38. The molecule has 0 radical (unpaired) electrons. The third-order valence-corrected chi connectivity index (χ3v) is 4.71. The average Bonchev–Trinajstić information content (AvgIpc) is 2.92. The van der Waals surface area contributed by atoms with E-state index in [0.717, 1.165) is 18.5 Å². The monoisotopic (exact) mass is 362 g/mol. The number of carbonyl (C=O) groups excluding carboxylic acids is 3. The van der Waals surface area contributed by atoms with Crippen LogP contribution in [-0.2, 0) is 16.1 Å². The molecule has 0 aliphatic carbocycles. The van der Waals surface area contributed by atoms with E-state index in [0.29, 0.717) is 32.6 Å². The molecule has 1 aromatic rings. The first-order chi connectivity index (χ1) is 12.5. The molecule has 7 nitrogen and oxygen atoms in total. The Hall–Kier alpha value is -2.48. The van der Waals surface area contributed by atoms with Crippen LogP contribution in [0.3, 0.4) is 0 Å². The second kappa shape index (κ2) is 8.27. The number of carbonyl (C=O) groups is 3. The Morgan fingerprint density at radius 3 is 2.85 bits per heavy atom. The van der Waals surface area contributed by atoms with Crippen molar-refractivity contribution in [1.29, 1.82) is 0 Å². The quantitative estimate of drug-likeness (QED) is 0.835. The number of benzene rings is 1. The predicted molar refractivity (Wildman–Crippen MR) is 92.6 cm³/mol. The number of imide groups is 1. The van der Waals surface area contributed by atoms with Gasteiger partial charge in [0.2, 0.25) is 11.8 Å². The van der Waals surface area contributed by atoms with Crippen LogP contribution in [0.25, 0.3) is 0 Å². The minimum absolute atomic E-state index is 0.148. The zero-order valence-corrected chi connectivity index (χ0v) is 14.5. The molecule has 2 fully saturated rings. The molecule has 0 unspecified atom stereocenters. The molecule has 3 rings (SSSR count). The molecule has 26 heavy (non-hydrogen) atoms. The Bertz CT molecular complexity index is 697. The van der Waals surface area contributed by atoms with Crippen LogP contribution < -0.4 is 10.6 Å². The van der Waals surface area contributed by atoms with Crippen LogP contribution in [0.1, 0.15) is 24.8 Å². The van der Waals surface area contributed by atoms with Gasteiger partial charge in [-0.25, -0.2) is 9.18 Å². The van der Waals surface area contributed by atoms with Gasteiger partial charge in [-0.2, -0.15) is 0 Å². The summed E-state index contributed by atoms with van der Waals surface area (Å²) in [6, 6.07) is 5.25. The first kappa shape index (κ1) is 18.3. The Balaban J connectivity index is 1.56. The molecule has 4 amide bonds. The van der Waals surface area contributed by atoms with E-state index in [4.69, 9.17) is 0 Å². The second-order valence-corrected chi connectivity index (χ2v) is 6.70. The standard InChI is InChI=1S/C18H23FN4O3/c19-14-4-1-3-13(11-14)12-22-7-2-8-23(10-9-22)17(25)15-5-6-16(24)21-18(26)20-15/h1,3-4,11,15H,2,5-10,12H2,(H2,20,21,24,26)/t15-/m1/s1. The van der Waals surface area contributed by atoms with Gasteiger partial charge in [0.05, 0.1) is 0 Å². The molecular weight excluding hydrogens is 339 g/mol. The fourth-order valence-electron chi connectivity index (χ4n) is 3.38. The first-order valence-electron chi connectivity index (χ1n) is 8.87. The molecule has 0 saturated carbocycles. The molecule has 8 heteroatoms. The minimum Gasteiger partial charge on any atom is -0.340 e. The number of amides is 4. The van der Waals surface area contributed by atoms with Crippen LogP contribution in [0.2, 0.25) is 0 Å². The van der Waals surface area contributed by atoms with Crippen LogP contribution in [0, 0.1) is 5.82 Å². The molecule has 1 aromatic carbocycles. The molecule has 0 spiro atoms. The van der Waals surface area contributed by atoms with Crippen LogP contribution in [0.15, 0.2) is 24.3 Å². The van der Waals surface area contributed by atoms with Gasteiger partial charge >= 0.3 is 6.03 Å². The van der Waals surface area contributed by atoms with Crippen molar-refractivity contribution in [2.75, 3.05) is 26.2 Å². The Kier molecular flexibility index (Phi) is 5.82. The van der Waals surface area contributed by atoms with Gasteiger partial charge in [-0.3, -0.25) is 19.8 Å². The lowest BCUT2D eigenvalue weighted by Crippen LogP contribution is -2.50. The molecule has 0 bridgehead atoms. The second-order valence-electron chi connectivity index (χ2n) is 6.70. The maximum Gasteiger partial charge on any atom is 0.322 e. The van der Waals surface area contributed by atoms with Gasteiger partial charge in [0.25, 0.3) is 0 Å². The summed E-state index contributed by atoms with van der Waals surface area (Å²) in [6.07, 6.45) is 1.26. The molecule has 2 aliphatic rings. The number of rotatable bonds is 3. The molecular formula is C18H23FN4O3. The summed E-state index contributed by atoms with van der Waals surface area (Å²) in [5.74, 6) is -0.765. The van der Waals surface area contributed by atoms with Gasteiger partial charge in [0.15, 0.2) is 0 Å². The maximum atomic E-state index is 13.3. The average molecular weight is 362 g/mol. The summed E-state index contributed by atoms with van der Waals surface area (Å²) >= 11 is 0. The fraction of sp³-hybridized carbons (Fsp3) is 0.500. The third kappa shape index (κ3) is 4.78. The van der Waals surface area contributed by atoms with Crippen molar-refractivity contribution in [1.82, 2.24) is 20.4 Å². The smallest absolute Gasteiger partial charge is 0.322 e. The van der Waals surface area contributed by atoms with E-state index in [1.165, 1.54) is 12.1 Å². The predicted octanol–water partition coefficient (Wildman–Crippen LogP) is 0.848. The van der Waals surface area contributed by atoms with Crippen molar-refractivity contribution < 1.29 is 18.8 Å². The highest BCUT2D eigenvalue weighted by molar-refractivity contribution is 5.98. The van der Waals surface area contributed by atoms with Crippen molar-refractivity contribution in [2.45, 2.75) is 31.8 Å². The number of nitrogens with one attached hydrogen (secondary N) is 2. The number of hydrogen-bond acceptors (Lipinski definition) is 4. The van der Waals surface area contributed by atoms with E-state index < -0.39 is 12.1 Å². The van der Waals surface area contributed by atoms with E-state index >= 15 is 0 Å². The van der Waals surface area contributed by atoms with Crippen molar-refractivity contribution in [3.8, 4) is 0 Å². The first-order valence-corrected chi connectivity index (χ1v) is 8.87. The lowest BCUT2D eigenvalue weighted by molar-refractivity contribution is -0.133. The lowest BCUT2D eigenvalue weighted by atomic mass is 10.1. The van der Waals surface area contributed by atoms with Crippen molar-refractivity contribution in [2.24, 2.45) is 0 Å². The molecule has 2 N–H and O–H groups in total. The zero-order chi connectivity index (χ0) is 18.5. The molecule has 140 valence electrons. The molecule has 1 atom stereocenters. The van der Waals surface area contributed by atoms with Gasteiger partial charge in [0, 0.05) is 39.1 Å². The highest BCUT2D eigenvalue weighted by Crippen LogP contribution is 2.13. The Morgan fingerprint density at radius 2 is 2.04 bits per heavy atom. The number of halogens is 1. The minimum atomic E-state index is -0.670. The summed E-state index contributed by atoms with van der Waals surface area (Å²) < 4.78 is 13.3. The summed E-state index contributed by atoms with van der Waals surface area (Å²) in [5, 5.41) is 4.75. The van der Waals surface area contributed by atoms with Crippen molar-refractivity contribution in [3.05, 3.63) is 35.6 Å². The van der Waals surface area contributed by atoms with Gasteiger partial charge in [0.1, 0.15) is 11.9 Å². The Morgan fingerprint density at radius 1 is 1.19 bits per heavy atom. The highest BCUT2D eigenvalue weighted by Gasteiger charge is 2.30. The molecule has 2 aliphatic heterocycles. The molecule has 2 heterocycles. The zero-order valence-electron chi connectivity index (χ0n) is 14.5. The van der Waals surface area contributed by atoms with Crippen LogP contribution >= 0.6 is 0 Å². The lowest BCUT2D eigenvalue weighted by Gasteiger charge is -2.26. The normalized spacial score (nSPS) is 22.2. The summed E-state index contributed by atoms with van der Waals surface area (Å²) in [4.78, 5) is 39.7. The summed E-state index contributed by atoms with van der Waals surface area (Å²) in [6.45, 7) is 3.28. The van der Waals surface area contributed by atoms with Crippen LogP contribution in [0.5, 0.6) is 0 Å². The van der Waals surface area contributed by atoms with Crippen molar-refractivity contribution >= 4 is 17.8 Å². The highest BCUT2D eigenvalue weighted by atomic mass is 19.1. The maximum absolute atomic E-state index is 13.3. The SMILES string of the molecule is O=C1CC[C@H](C(=O)N2CCCN(Cc3cccc(F)c3)CC2)NC(=O)N1. The van der Waals surface area contributed by atoms with Crippen LogP contribution in [0.4, 0.5) is 9.18 Å². The Labute approximate surface area is 151 Å². The third-order valence-electron chi connectivity index (χ3n) is 4.71. The summed E-state index contributed by atoms with van der Waals surface area (Å²) in [5.41, 5.74) is 0.908. The molecule has 0 aromatic heterocycles. The summed E-state index contributed by atoms with van der Waals surface area (Å²) in [7, 11) is 0. The number of nitrogens with zero attached hydrogens (tertiary/aromatic N) is 2. The van der Waals surface area contributed by atoms with E-state index in [1.807, 2.05) is 6.07 Å². The number of urea groups is 1. The van der Waals surface area contributed by atoms with E-state index in [1.54, 1.807) is 11.0 Å². The van der Waals surface area contributed by atoms with E-state index in [2.05, 4.69) is 15.5 Å². The topological polar surface area (TPSA) is 81.8 Å². The van der Waals surface area contributed by atoms with Gasteiger partial charge in [-0.05, 0) is 30.5 Å². The van der Waals surface area contributed by atoms with Crippen LogP contribution in [-0.4, -0.2) is 59.9 Å². The largest absolute Gasteiger partial charge is 0.340 e. The number of hydrogen-bond donors (Lipinski definition) is 2.